The summed E-state index contributed by atoms with van der Waals surface area (Å²) in [5.41, 5.74) is 0. The van der Waals surface area contributed by atoms with Crippen LogP contribution in [0.5, 0.6) is 0 Å². The highest BCUT2D eigenvalue weighted by atomic mass is 16.5. The summed E-state index contributed by atoms with van der Waals surface area (Å²) in [7, 11) is 0. The van der Waals surface area contributed by atoms with Crippen LogP contribution < -0.4 is 0 Å². The number of carboxylic acids is 1. The molecule has 2 saturated heterocycles. The van der Waals surface area contributed by atoms with Crippen LogP contribution in [0.15, 0.2) is 0 Å². The Morgan fingerprint density at radius 1 is 1.33 bits per heavy atom. The number of hydrogen-bond acceptors (Lipinski definition) is 4. The van der Waals surface area contributed by atoms with Gasteiger partial charge in [-0.3, -0.25) is 4.79 Å². The minimum absolute atomic E-state index is 0.0549. The second-order valence-corrected chi connectivity index (χ2v) is 4.59. The van der Waals surface area contributed by atoms with Crippen molar-refractivity contribution in [1.82, 2.24) is 9.80 Å². The highest BCUT2D eigenvalue weighted by Crippen LogP contribution is 2.21. The Labute approximate surface area is 105 Å². The van der Waals surface area contributed by atoms with Gasteiger partial charge in [-0.1, -0.05) is 0 Å². The molecule has 1 atom stereocenters. The molecule has 1 unspecified atom stereocenters. The van der Waals surface area contributed by atoms with E-state index >= 15 is 0 Å². The average molecular weight is 253 g/mol. The first-order valence-corrected chi connectivity index (χ1v) is 5.87. The number of ether oxygens (including phenoxy) is 1. The average Bonchev–Trinajstić information content (AvgIpc) is 2.32. The van der Waals surface area contributed by atoms with Crippen molar-refractivity contribution in [3.8, 4) is 6.07 Å². The lowest BCUT2D eigenvalue weighted by atomic mass is 9.97. The predicted molar refractivity (Wildman–Crippen MR) is 59.6 cm³/mol. The van der Waals surface area contributed by atoms with Crippen molar-refractivity contribution in [2.45, 2.75) is 12.5 Å². The lowest BCUT2D eigenvalue weighted by Crippen LogP contribution is -2.58. The van der Waals surface area contributed by atoms with E-state index in [9.17, 15) is 9.59 Å². The van der Waals surface area contributed by atoms with Crippen LogP contribution >= 0.6 is 0 Å². The molecule has 0 saturated carbocycles. The molecule has 2 fully saturated rings. The van der Waals surface area contributed by atoms with Gasteiger partial charge < -0.3 is 19.6 Å². The van der Waals surface area contributed by atoms with Crippen molar-refractivity contribution >= 4 is 12.0 Å². The van der Waals surface area contributed by atoms with Gasteiger partial charge in [-0.15, -0.1) is 0 Å². The van der Waals surface area contributed by atoms with E-state index in [1.807, 2.05) is 6.07 Å². The normalized spacial score (nSPS) is 24.3. The largest absolute Gasteiger partial charge is 0.481 e. The SMILES string of the molecule is N#CC1CN(C(=O)N2CC(CC(=O)O)C2)CCO1. The molecule has 0 aromatic heterocycles. The Morgan fingerprint density at radius 3 is 2.67 bits per heavy atom. The van der Waals surface area contributed by atoms with Gasteiger partial charge in [0.1, 0.15) is 0 Å². The summed E-state index contributed by atoms with van der Waals surface area (Å²) < 4.78 is 5.16. The number of morpholine rings is 1. The summed E-state index contributed by atoms with van der Waals surface area (Å²) in [5, 5.41) is 17.4. The van der Waals surface area contributed by atoms with E-state index in [4.69, 9.17) is 15.1 Å². The van der Waals surface area contributed by atoms with Crippen molar-refractivity contribution in [3.05, 3.63) is 0 Å². The molecule has 0 aromatic rings. The van der Waals surface area contributed by atoms with Crippen LogP contribution in [0.1, 0.15) is 6.42 Å². The predicted octanol–water partition coefficient (Wildman–Crippen LogP) is -0.263. The molecule has 2 amide bonds. The molecule has 2 heterocycles. The van der Waals surface area contributed by atoms with Gasteiger partial charge in [-0.05, 0) is 0 Å². The van der Waals surface area contributed by atoms with E-state index < -0.39 is 12.1 Å². The first kappa shape index (κ1) is 12.6. The van der Waals surface area contributed by atoms with Gasteiger partial charge in [0.15, 0.2) is 6.10 Å². The Hall–Kier alpha value is -1.81. The maximum atomic E-state index is 12.0. The Kier molecular flexibility index (Phi) is 3.67. The molecule has 7 heteroatoms. The van der Waals surface area contributed by atoms with E-state index in [2.05, 4.69) is 0 Å². The quantitative estimate of drug-likeness (QED) is 0.731. The van der Waals surface area contributed by atoms with E-state index in [1.165, 1.54) is 0 Å². The molecular formula is C11H15N3O4. The molecule has 7 nitrogen and oxygen atoms in total. The summed E-state index contributed by atoms with van der Waals surface area (Å²) in [5.74, 6) is -0.776. The number of amides is 2. The molecule has 0 aliphatic carbocycles. The standard InChI is InChI=1S/C11H15N3O4/c12-4-9-7-13(1-2-18-9)11(17)14-5-8(6-14)3-10(15)16/h8-9H,1-3,5-7H2,(H,15,16). The number of aliphatic carboxylic acids is 1. The van der Waals surface area contributed by atoms with Crippen LogP contribution in [0.25, 0.3) is 0 Å². The third-order valence-electron chi connectivity index (χ3n) is 3.17. The van der Waals surface area contributed by atoms with Crippen molar-refractivity contribution in [3.63, 3.8) is 0 Å². The fourth-order valence-corrected chi connectivity index (χ4v) is 2.20. The van der Waals surface area contributed by atoms with E-state index in [-0.39, 0.29) is 24.9 Å². The monoisotopic (exact) mass is 253 g/mol. The van der Waals surface area contributed by atoms with Crippen LogP contribution in [-0.4, -0.2) is 65.8 Å². The van der Waals surface area contributed by atoms with Gasteiger partial charge in [-0.25, -0.2) is 4.79 Å². The fraction of sp³-hybridized carbons (Fsp3) is 0.727. The Morgan fingerprint density at radius 2 is 2.06 bits per heavy atom. The van der Waals surface area contributed by atoms with E-state index in [0.717, 1.165) is 0 Å². The number of carbonyl (C=O) groups excluding carboxylic acids is 1. The second kappa shape index (κ2) is 5.23. The molecule has 0 bridgehead atoms. The number of likely N-dealkylation sites (tertiary alicyclic amines) is 1. The van der Waals surface area contributed by atoms with Crippen molar-refractivity contribution in [2.75, 3.05) is 32.8 Å². The number of nitriles is 1. The Bertz CT molecular complexity index is 386. The third kappa shape index (κ3) is 2.71. The molecule has 2 rings (SSSR count). The fourth-order valence-electron chi connectivity index (χ4n) is 2.20. The Balaban J connectivity index is 1.79. The highest BCUT2D eigenvalue weighted by Gasteiger charge is 2.36. The molecule has 1 N–H and O–H groups in total. The minimum Gasteiger partial charge on any atom is -0.481 e. The zero-order valence-electron chi connectivity index (χ0n) is 9.91. The summed E-state index contributed by atoms with van der Waals surface area (Å²) >= 11 is 0. The van der Waals surface area contributed by atoms with Gasteiger partial charge in [0.2, 0.25) is 0 Å². The van der Waals surface area contributed by atoms with E-state index in [1.54, 1.807) is 9.80 Å². The number of carboxylic acid groups (broad SMARTS) is 1. The lowest BCUT2D eigenvalue weighted by Gasteiger charge is -2.42. The summed E-state index contributed by atoms with van der Waals surface area (Å²) in [6, 6.07) is 1.86. The topological polar surface area (TPSA) is 93.9 Å². The number of hydrogen-bond donors (Lipinski definition) is 1. The summed E-state index contributed by atoms with van der Waals surface area (Å²) in [6.45, 7) is 2.11. The maximum Gasteiger partial charge on any atom is 0.320 e. The van der Waals surface area contributed by atoms with Gasteiger partial charge in [0.25, 0.3) is 0 Å². The van der Waals surface area contributed by atoms with E-state index in [0.29, 0.717) is 26.2 Å². The van der Waals surface area contributed by atoms with Crippen LogP contribution in [-0.2, 0) is 9.53 Å². The molecule has 0 aromatic carbocycles. The van der Waals surface area contributed by atoms with Crippen molar-refractivity contribution < 1.29 is 19.4 Å². The van der Waals surface area contributed by atoms with Crippen LogP contribution in [0.2, 0.25) is 0 Å². The third-order valence-corrected chi connectivity index (χ3v) is 3.17. The molecule has 18 heavy (non-hydrogen) atoms. The molecule has 2 aliphatic heterocycles. The molecule has 0 spiro atoms. The van der Waals surface area contributed by atoms with Gasteiger partial charge in [0.05, 0.1) is 25.6 Å². The van der Waals surface area contributed by atoms with Gasteiger partial charge in [-0.2, -0.15) is 5.26 Å². The first-order valence-electron chi connectivity index (χ1n) is 5.87. The number of nitrogens with zero attached hydrogens (tertiary/aromatic N) is 3. The zero-order valence-corrected chi connectivity index (χ0v) is 9.91. The number of urea groups is 1. The number of rotatable bonds is 2. The summed E-state index contributed by atoms with van der Waals surface area (Å²) in [6.07, 6.45) is -0.452. The smallest absolute Gasteiger partial charge is 0.320 e. The molecule has 2 aliphatic rings. The first-order chi connectivity index (χ1) is 8.60. The second-order valence-electron chi connectivity index (χ2n) is 4.59. The van der Waals surface area contributed by atoms with Crippen molar-refractivity contribution in [2.24, 2.45) is 5.92 Å². The zero-order chi connectivity index (χ0) is 13.1. The van der Waals surface area contributed by atoms with Gasteiger partial charge >= 0.3 is 12.0 Å². The van der Waals surface area contributed by atoms with Crippen molar-refractivity contribution in [1.29, 1.82) is 5.26 Å². The van der Waals surface area contributed by atoms with Gasteiger partial charge in [0, 0.05) is 25.6 Å². The molecular weight excluding hydrogens is 238 g/mol. The van der Waals surface area contributed by atoms with Crippen LogP contribution in [0, 0.1) is 17.2 Å². The molecule has 98 valence electrons. The summed E-state index contributed by atoms with van der Waals surface area (Å²) in [4.78, 5) is 25.7. The maximum absolute atomic E-state index is 12.0. The molecule has 0 radical (unpaired) electrons. The van der Waals surface area contributed by atoms with Crippen LogP contribution in [0.4, 0.5) is 4.79 Å². The highest BCUT2D eigenvalue weighted by molar-refractivity contribution is 5.76. The number of carbonyl (C=O) groups is 2. The van der Waals surface area contributed by atoms with Crippen LogP contribution in [0.3, 0.4) is 0 Å². The lowest BCUT2D eigenvalue weighted by molar-refractivity contribution is -0.139. The minimum atomic E-state index is -0.831.